The molecule has 0 aromatic rings. The summed E-state index contributed by atoms with van der Waals surface area (Å²) in [4.78, 5) is 11.2. The number of rotatable bonds is 6. The Morgan fingerprint density at radius 2 is 2.07 bits per heavy atom. The summed E-state index contributed by atoms with van der Waals surface area (Å²) in [5.41, 5.74) is 0. The van der Waals surface area contributed by atoms with Gasteiger partial charge in [0.1, 0.15) is 0 Å². The van der Waals surface area contributed by atoms with Crippen molar-refractivity contribution < 1.29 is 14.6 Å². The first-order valence-corrected chi connectivity index (χ1v) is 5.14. The average molecular weight is 200 g/mol. The Kier molecular flexibility index (Phi) is 7.11. The Balaban J connectivity index is 3.90. The largest absolute Gasteiger partial charge is 0.466 e. The fourth-order valence-electron chi connectivity index (χ4n) is 1.04. The molecule has 0 aromatic heterocycles. The van der Waals surface area contributed by atoms with Crippen molar-refractivity contribution in [2.45, 2.75) is 39.7 Å². The van der Waals surface area contributed by atoms with Gasteiger partial charge in [-0.05, 0) is 20.3 Å². The third kappa shape index (κ3) is 5.75. The van der Waals surface area contributed by atoms with Gasteiger partial charge in [-0.1, -0.05) is 25.5 Å². The standard InChI is InChI=1S/C11H20O3/c1-4-6-10(12)8-7-9(3)11(13)14-5-2/h7-10,12H,4-6H2,1-3H3/t9-,10-/m1/s1. The number of hydrogen-bond donors (Lipinski definition) is 1. The van der Waals surface area contributed by atoms with Gasteiger partial charge in [-0.3, -0.25) is 4.79 Å². The molecule has 0 rings (SSSR count). The summed E-state index contributed by atoms with van der Waals surface area (Å²) in [5, 5.41) is 9.37. The first-order chi connectivity index (χ1) is 6.61. The number of ether oxygens (including phenoxy) is 1. The maximum atomic E-state index is 11.2. The Morgan fingerprint density at radius 1 is 1.43 bits per heavy atom. The summed E-state index contributed by atoms with van der Waals surface area (Å²) >= 11 is 0. The highest BCUT2D eigenvalue weighted by molar-refractivity contribution is 5.73. The lowest BCUT2D eigenvalue weighted by atomic mass is 10.1. The normalized spacial score (nSPS) is 15.4. The van der Waals surface area contributed by atoms with E-state index in [0.29, 0.717) is 6.61 Å². The van der Waals surface area contributed by atoms with Gasteiger partial charge in [0.05, 0.1) is 18.6 Å². The zero-order valence-electron chi connectivity index (χ0n) is 9.19. The number of carbonyl (C=O) groups is 1. The topological polar surface area (TPSA) is 46.5 Å². The molecule has 1 N–H and O–H groups in total. The molecule has 0 bridgehead atoms. The van der Waals surface area contributed by atoms with Gasteiger partial charge in [-0.2, -0.15) is 0 Å². The summed E-state index contributed by atoms with van der Waals surface area (Å²) < 4.78 is 4.82. The van der Waals surface area contributed by atoms with Gasteiger partial charge < -0.3 is 9.84 Å². The molecular formula is C11H20O3. The minimum absolute atomic E-state index is 0.243. The molecule has 0 spiro atoms. The molecule has 0 unspecified atom stereocenters. The van der Waals surface area contributed by atoms with Crippen LogP contribution in [0.15, 0.2) is 12.2 Å². The highest BCUT2D eigenvalue weighted by Gasteiger charge is 2.10. The van der Waals surface area contributed by atoms with E-state index in [1.54, 1.807) is 26.0 Å². The predicted molar refractivity (Wildman–Crippen MR) is 55.9 cm³/mol. The monoisotopic (exact) mass is 200 g/mol. The minimum atomic E-state index is -0.447. The molecule has 0 heterocycles. The average Bonchev–Trinajstić information content (AvgIpc) is 2.15. The van der Waals surface area contributed by atoms with E-state index >= 15 is 0 Å². The second-order valence-electron chi connectivity index (χ2n) is 3.28. The van der Waals surface area contributed by atoms with Crippen molar-refractivity contribution in [3.8, 4) is 0 Å². The predicted octanol–water partition coefficient (Wildman–Crippen LogP) is 1.90. The summed E-state index contributed by atoms with van der Waals surface area (Å²) in [6.45, 7) is 5.94. The van der Waals surface area contributed by atoms with E-state index in [-0.39, 0.29) is 11.9 Å². The zero-order chi connectivity index (χ0) is 11.0. The molecule has 3 nitrogen and oxygen atoms in total. The van der Waals surface area contributed by atoms with E-state index in [1.807, 2.05) is 6.92 Å². The molecule has 0 amide bonds. The van der Waals surface area contributed by atoms with Gasteiger partial charge in [0, 0.05) is 0 Å². The van der Waals surface area contributed by atoms with Crippen molar-refractivity contribution in [3.63, 3.8) is 0 Å². The minimum Gasteiger partial charge on any atom is -0.466 e. The molecule has 0 saturated heterocycles. The Bertz CT molecular complexity index is 187. The first-order valence-electron chi connectivity index (χ1n) is 5.14. The van der Waals surface area contributed by atoms with Crippen molar-refractivity contribution in [2.75, 3.05) is 6.61 Å². The van der Waals surface area contributed by atoms with E-state index in [2.05, 4.69) is 0 Å². The maximum Gasteiger partial charge on any atom is 0.312 e. The molecule has 0 aliphatic carbocycles. The van der Waals surface area contributed by atoms with Crippen LogP contribution in [0.4, 0.5) is 0 Å². The molecule has 0 saturated carbocycles. The van der Waals surface area contributed by atoms with E-state index < -0.39 is 6.10 Å². The van der Waals surface area contributed by atoms with Crippen LogP contribution < -0.4 is 0 Å². The Labute approximate surface area is 85.8 Å². The number of esters is 1. The van der Waals surface area contributed by atoms with Crippen molar-refractivity contribution in [2.24, 2.45) is 5.92 Å². The van der Waals surface area contributed by atoms with Crippen molar-refractivity contribution >= 4 is 5.97 Å². The first kappa shape index (κ1) is 13.2. The van der Waals surface area contributed by atoms with Crippen LogP contribution in [0.5, 0.6) is 0 Å². The van der Waals surface area contributed by atoms with Crippen LogP contribution in [0.3, 0.4) is 0 Å². The van der Waals surface area contributed by atoms with Gasteiger partial charge >= 0.3 is 5.97 Å². The van der Waals surface area contributed by atoms with E-state index in [1.165, 1.54) is 0 Å². The van der Waals surface area contributed by atoms with Crippen molar-refractivity contribution in [1.29, 1.82) is 0 Å². The zero-order valence-corrected chi connectivity index (χ0v) is 9.19. The van der Waals surface area contributed by atoms with E-state index in [4.69, 9.17) is 4.74 Å². The molecule has 2 atom stereocenters. The van der Waals surface area contributed by atoms with Gasteiger partial charge in [0.15, 0.2) is 0 Å². The molecule has 82 valence electrons. The van der Waals surface area contributed by atoms with E-state index in [9.17, 15) is 9.90 Å². The number of aliphatic hydroxyl groups excluding tert-OH is 1. The maximum absolute atomic E-state index is 11.2. The summed E-state index contributed by atoms with van der Waals surface area (Å²) in [6.07, 6.45) is 4.56. The molecule has 0 aromatic carbocycles. The van der Waals surface area contributed by atoms with Crippen LogP contribution in [0.1, 0.15) is 33.6 Å². The quantitative estimate of drug-likeness (QED) is 0.526. The molecule has 0 fully saturated rings. The Morgan fingerprint density at radius 3 is 2.57 bits per heavy atom. The summed E-state index contributed by atoms with van der Waals surface area (Å²) in [6, 6.07) is 0. The second-order valence-corrected chi connectivity index (χ2v) is 3.28. The number of aliphatic hydroxyl groups is 1. The van der Waals surface area contributed by atoms with Crippen LogP contribution in [-0.2, 0) is 9.53 Å². The van der Waals surface area contributed by atoms with Crippen LogP contribution in [0.2, 0.25) is 0 Å². The lowest BCUT2D eigenvalue weighted by Crippen LogP contribution is -2.13. The van der Waals surface area contributed by atoms with Crippen LogP contribution >= 0.6 is 0 Å². The molecule has 0 radical (unpaired) electrons. The molecule has 0 aliphatic rings. The third-order valence-electron chi connectivity index (χ3n) is 1.86. The molecule has 0 aliphatic heterocycles. The van der Waals surface area contributed by atoms with Gasteiger partial charge in [-0.15, -0.1) is 0 Å². The van der Waals surface area contributed by atoms with Crippen LogP contribution in [0, 0.1) is 5.92 Å². The molecule has 14 heavy (non-hydrogen) atoms. The smallest absolute Gasteiger partial charge is 0.312 e. The lowest BCUT2D eigenvalue weighted by molar-refractivity contribution is -0.145. The summed E-state index contributed by atoms with van der Waals surface area (Å²) in [5.74, 6) is -0.520. The summed E-state index contributed by atoms with van der Waals surface area (Å²) in [7, 11) is 0. The highest BCUT2D eigenvalue weighted by atomic mass is 16.5. The Hall–Kier alpha value is -0.830. The fraction of sp³-hybridized carbons (Fsp3) is 0.727. The van der Waals surface area contributed by atoms with Crippen LogP contribution in [-0.4, -0.2) is 23.8 Å². The number of carbonyl (C=O) groups excluding carboxylic acids is 1. The second kappa shape index (κ2) is 7.56. The van der Waals surface area contributed by atoms with Gasteiger partial charge in [-0.25, -0.2) is 0 Å². The highest BCUT2D eigenvalue weighted by Crippen LogP contribution is 2.04. The molecular weight excluding hydrogens is 180 g/mol. The van der Waals surface area contributed by atoms with Crippen molar-refractivity contribution in [1.82, 2.24) is 0 Å². The lowest BCUT2D eigenvalue weighted by Gasteiger charge is -2.07. The van der Waals surface area contributed by atoms with Gasteiger partial charge in [0.2, 0.25) is 0 Å². The number of hydrogen-bond acceptors (Lipinski definition) is 3. The molecule has 3 heteroatoms. The van der Waals surface area contributed by atoms with Gasteiger partial charge in [0.25, 0.3) is 0 Å². The van der Waals surface area contributed by atoms with Crippen molar-refractivity contribution in [3.05, 3.63) is 12.2 Å². The van der Waals surface area contributed by atoms with Crippen LogP contribution in [0.25, 0.3) is 0 Å². The third-order valence-corrected chi connectivity index (χ3v) is 1.86. The van der Waals surface area contributed by atoms with E-state index in [0.717, 1.165) is 12.8 Å². The fourth-order valence-corrected chi connectivity index (χ4v) is 1.04. The SMILES string of the molecule is CCC[C@@H](O)C=C[C@@H](C)C(=O)OCC.